The number of nitrogens with zero attached hydrogens (tertiary/aromatic N) is 1. The van der Waals surface area contributed by atoms with E-state index in [4.69, 9.17) is 0 Å². The summed E-state index contributed by atoms with van der Waals surface area (Å²) < 4.78 is 0. The molecule has 0 aromatic carbocycles. The number of piperidine rings is 1. The Hall–Kier alpha value is -1.06. The Morgan fingerprint density at radius 3 is 2.06 bits per heavy atom. The van der Waals surface area contributed by atoms with Crippen LogP contribution < -0.4 is 0 Å². The molecule has 18 heavy (non-hydrogen) atoms. The summed E-state index contributed by atoms with van der Waals surface area (Å²) in [6.45, 7) is 3.56. The molecule has 0 aromatic heterocycles. The Morgan fingerprint density at radius 1 is 1.11 bits per heavy atom. The zero-order valence-electron chi connectivity index (χ0n) is 10.9. The summed E-state index contributed by atoms with van der Waals surface area (Å²) in [5.41, 5.74) is -0.518. The van der Waals surface area contributed by atoms with Crippen LogP contribution >= 0.6 is 0 Å². The van der Waals surface area contributed by atoms with Crippen LogP contribution in [0.2, 0.25) is 0 Å². The molecule has 1 aliphatic heterocycles. The predicted octanol–water partition coefficient (Wildman–Crippen LogP) is 1.89. The van der Waals surface area contributed by atoms with Gasteiger partial charge in [0.2, 0.25) is 5.91 Å². The molecule has 3 aliphatic rings. The summed E-state index contributed by atoms with van der Waals surface area (Å²) in [5, 5.41) is 9.29. The summed E-state index contributed by atoms with van der Waals surface area (Å²) in [4.78, 5) is 25.4. The number of hydrogen-bond donors (Lipinski definition) is 1. The van der Waals surface area contributed by atoms with Crippen LogP contribution in [0.15, 0.2) is 0 Å². The van der Waals surface area contributed by atoms with Crippen LogP contribution in [0.3, 0.4) is 0 Å². The van der Waals surface area contributed by atoms with Crippen LogP contribution in [0, 0.1) is 16.7 Å². The molecule has 0 unspecified atom stereocenters. The van der Waals surface area contributed by atoms with Gasteiger partial charge in [0, 0.05) is 18.5 Å². The Bertz CT molecular complexity index is 388. The monoisotopic (exact) mass is 251 g/mol. The SMILES string of the molecule is CC1(C(=O)N2CCC(C3(C(=O)O)CC3)CC2)CC1. The van der Waals surface area contributed by atoms with Crippen molar-refractivity contribution in [1.29, 1.82) is 0 Å². The average molecular weight is 251 g/mol. The fourth-order valence-corrected chi connectivity index (χ4v) is 3.35. The van der Waals surface area contributed by atoms with E-state index in [1.165, 1.54) is 0 Å². The normalized spacial score (nSPS) is 28.8. The standard InChI is InChI=1S/C14H21NO3/c1-13(4-5-13)11(16)15-8-2-10(3-9-15)14(6-7-14)12(17)18/h10H,2-9H2,1H3,(H,17,18). The highest BCUT2D eigenvalue weighted by Crippen LogP contribution is 2.56. The van der Waals surface area contributed by atoms with Gasteiger partial charge in [0.15, 0.2) is 0 Å². The Morgan fingerprint density at radius 2 is 1.67 bits per heavy atom. The first-order valence-electron chi connectivity index (χ1n) is 7.01. The van der Waals surface area contributed by atoms with Gasteiger partial charge in [0.25, 0.3) is 0 Å². The Balaban J connectivity index is 1.59. The third-order valence-corrected chi connectivity index (χ3v) is 5.29. The molecule has 2 aliphatic carbocycles. The molecule has 0 aromatic rings. The van der Waals surface area contributed by atoms with Crippen molar-refractivity contribution in [3.63, 3.8) is 0 Å². The minimum absolute atomic E-state index is 0.0864. The quantitative estimate of drug-likeness (QED) is 0.833. The maximum absolute atomic E-state index is 12.2. The van der Waals surface area contributed by atoms with Crippen molar-refractivity contribution in [2.75, 3.05) is 13.1 Å². The van der Waals surface area contributed by atoms with Crippen molar-refractivity contribution < 1.29 is 14.7 Å². The third-order valence-electron chi connectivity index (χ3n) is 5.29. The zero-order valence-corrected chi connectivity index (χ0v) is 10.9. The number of carbonyl (C=O) groups excluding carboxylic acids is 1. The number of amides is 1. The third kappa shape index (κ3) is 1.73. The molecule has 3 rings (SSSR count). The van der Waals surface area contributed by atoms with E-state index >= 15 is 0 Å². The Labute approximate surface area is 107 Å². The summed E-state index contributed by atoms with van der Waals surface area (Å²) in [6, 6.07) is 0. The molecule has 2 saturated carbocycles. The van der Waals surface area contributed by atoms with E-state index in [0.717, 1.165) is 51.6 Å². The average Bonchev–Trinajstić information content (AvgIpc) is 3.24. The van der Waals surface area contributed by atoms with Gasteiger partial charge >= 0.3 is 5.97 Å². The molecule has 1 N–H and O–H groups in total. The number of aliphatic carboxylic acids is 1. The van der Waals surface area contributed by atoms with E-state index in [1.807, 2.05) is 11.8 Å². The smallest absolute Gasteiger partial charge is 0.309 e. The topological polar surface area (TPSA) is 57.6 Å². The molecule has 0 spiro atoms. The summed E-state index contributed by atoms with van der Waals surface area (Å²) in [6.07, 6.45) is 5.44. The fraction of sp³-hybridized carbons (Fsp3) is 0.857. The second-order valence-corrected chi connectivity index (χ2v) is 6.59. The van der Waals surface area contributed by atoms with Crippen LogP contribution in [-0.2, 0) is 9.59 Å². The number of likely N-dealkylation sites (tertiary alicyclic amines) is 1. The molecule has 1 amide bonds. The van der Waals surface area contributed by atoms with Gasteiger partial charge in [-0.1, -0.05) is 6.92 Å². The minimum Gasteiger partial charge on any atom is -0.481 e. The van der Waals surface area contributed by atoms with Crippen LogP contribution in [0.5, 0.6) is 0 Å². The highest BCUT2D eigenvalue weighted by atomic mass is 16.4. The van der Waals surface area contributed by atoms with Crippen molar-refractivity contribution in [1.82, 2.24) is 4.90 Å². The lowest BCUT2D eigenvalue weighted by Gasteiger charge is -2.36. The van der Waals surface area contributed by atoms with E-state index in [1.54, 1.807) is 0 Å². The van der Waals surface area contributed by atoms with Crippen molar-refractivity contribution in [2.24, 2.45) is 16.7 Å². The molecule has 0 radical (unpaired) electrons. The van der Waals surface area contributed by atoms with E-state index < -0.39 is 11.4 Å². The van der Waals surface area contributed by atoms with Gasteiger partial charge in [-0.3, -0.25) is 9.59 Å². The van der Waals surface area contributed by atoms with Crippen molar-refractivity contribution in [3.05, 3.63) is 0 Å². The summed E-state index contributed by atoms with van der Waals surface area (Å²) in [5.74, 6) is -0.0476. The van der Waals surface area contributed by atoms with Gasteiger partial charge in [0.05, 0.1) is 5.41 Å². The fourth-order valence-electron chi connectivity index (χ4n) is 3.35. The van der Waals surface area contributed by atoms with Crippen molar-refractivity contribution in [2.45, 2.75) is 45.4 Å². The molecule has 0 bridgehead atoms. The number of carboxylic acid groups (broad SMARTS) is 1. The first-order chi connectivity index (χ1) is 8.48. The Kier molecular flexibility index (Phi) is 2.48. The van der Waals surface area contributed by atoms with Gasteiger partial charge in [-0.15, -0.1) is 0 Å². The second kappa shape index (κ2) is 3.72. The molecular formula is C14H21NO3. The number of carboxylic acids is 1. The largest absolute Gasteiger partial charge is 0.481 e. The second-order valence-electron chi connectivity index (χ2n) is 6.59. The lowest BCUT2D eigenvalue weighted by molar-refractivity contribution is -0.147. The maximum Gasteiger partial charge on any atom is 0.309 e. The first kappa shape index (κ1) is 12.0. The van der Waals surface area contributed by atoms with E-state index in [9.17, 15) is 14.7 Å². The maximum atomic E-state index is 12.2. The molecule has 100 valence electrons. The molecule has 4 heteroatoms. The highest BCUT2D eigenvalue weighted by molar-refractivity contribution is 5.85. The van der Waals surface area contributed by atoms with Gasteiger partial charge in [-0.25, -0.2) is 0 Å². The molecule has 0 atom stereocenters. The van der Waals surface area contributed by atoms with Gasteiger partial charge < -0.3 is 10.0 Å². The molecule has 4 nitrogen and oxygen atoms in total. The lowest BCUT2D eigenvalue weighted by Crippen LogP contribution is -2.44. The van der Waals surface area contributed by atoms with Crippen LogP contribution in [-0.4, -0.2) is 35.0 Å². The molecule has 1 heterocycles. The first-order valence-corrected chi connectivity index (χ1v) is 7.01. The van der Waals surface area contributed by atoms with Gasteiger partial charge in [-0.05, 0) is 44.4 Å². The number of rotatable bonds is 3. The highest BCUT2D eigenvalue weighted by Gasteiger charge is 2.56. The van der Waals surface area contributed by atoms with Crippen LogP contribution in [0.4, 0.5) is 0 Å². The summed E-state index contributed by atoms with van der Waals surface area (Å²) in [7, 11) is 0. The summed E-state index contributed by atoms with van der Waals surface area (Å²) >= 11 is 0. The van der Waals surface area contributed by atoms with Gasteiger partial charge in [0.1, 0.15) is 0 Å². The predicted molar refractivity (Wildman–Crippen MR) is 65.9 cm³/mol. The molecule has 1 saturated heterocycles. The molecular weight excluding hydrogens is 230 g/mol. The number of hydrogen-bond acceptors (Lipinski definition) is 2. The van der Waals surface area contributed by atoms with Crippen molar-refractivity contribution in [3.8, 4) is 0 Å². The van der Waals surface area contributed by atoms with Gasteiger partial charge in [-0.2, -0.15) is 0 Å². The van der Waals surface area contributed by atoms with E-state index in [2.05, 4.69) is 0 Å². The van der Waals surface area contributed by atoms with Crippen LogP contribution in [0.1, 0.15) is 45.4 Å². The van der Waals surface area contributed by atoms with E-state index in [0.29, 0.717) is 5.91 Å². The number of carbonyl (C=O) groups is 2. The molecule has 3 fully saturated rings. The minimum atomic E-state index is -0.624. The van der Waals surface area contributed by atoms with E-state index in [-0.39, 0.29) is 11.3 Å². The zero-order chi connectivity index (χ0) is 13.0. The van der Waals surface area contributed by atoms with Crippen LogP contribution in [0.25, 0.3) is 0 Å². The van der Waals surface area contributed by atoms with Crippen molar-refractivity contribution >= 4 is 11.9 Å². The lowest BCUT2D eigenvalue weighted by atomic mass is 9.81.